The minimum atomic E-state index is -1.03. The van der Waals surface area contributed by atoms with Gasteiger partial charge in [0.05, 0.1) is 17.2 Å². The molecule has 1 heterocycles. The monoisotopic (exact) mass is 308 g/mol. The van der Waals surface area contributed by atoms with Crippen molar-refractivity contribution in [2.24, 2.45) is 0 Å². The molecule has 2 amide bonds. The van der Waals surface area contributed by atoms with E-state index in [0.717, 1.165) is 5.56 Å². The van der Waals surface area contributed by atoms with Crippen LogP contribution in [0.25, 0.3) is 0 Å². The predicted molar refractivity (Wildman–Crippen MR) is 80.5 cm³/mol. The number of benzene rings is 1. The second kappa shape index (κ2) is 6.17. The van der Waals surface area contributed by atoms with Gasteiger partial charge in [-0.3, -0.25) is 9.59 Å². The summed E-state index contributed by atoms with van der Waals surface area (Å²) in [4.78, 5) is 36.0. The van der Waals surface area contributed by atoms with Crippen molar-refractivity contribution in [3.05, 3.63) is 28.8 Å². The Bertz CT molecular complexity index is 615. The molecule has 7 heteroatoms. The largest absolute Gasteiger partial charge is 0.478 e. The number of carboxylic acid groups (broad SMARTS) is 1. The van der Waals surface area contributed by atoms with Crippen molar-refractivity contribution in [2.45, 2.75) is 13.8 Å². The highest BCUT2D eigenvalue weighted by atomic mass is 32.2. The Morgan fingerprint density at radius 2 is 2.05 bits per heavy atom. The number of thioether (sulfide) groups is 1. The number of nitrogens with zero attached hydrogens (tertiary/aromatic N) is 1. The first-order chi connectivity index (χ1) is 9.88. The molecule has 0 bridgehead atoms. The fourth-order valence-electron chi connectivity index (χ4n) is 2.12. The molecule has 2 N–H and O–H groups in total. The predicted octanol–water partition coefficient (Wildman–Crippen LogP) is 1.47. The van der Waals surface area contributed by atoms with Crippen LogP contribution in [0.4, 0.5) is 5.69 Å². The van der Waals surface area contributed by atoms with Gasteiger partial charge < -0.3 is 15.3 Å². The van der Waals surface area contributed by atoms with E-state index in [-0.39, 0.29) is 23.9 Å². The fourth-order valence-corrected chi connectivity index (χ4v) is 3.02. The lowest BCUT2D eigenvalue weighted by molar-refractivity contribution is -0.130. The van der Waals surface area contributed by atoms with E-state index in [0.29, 0.717) is 22.9 Å². The van der Waals surface area contributed by atoms with Gasteiger partial charge in [-0.1, -0.05) is 6.07 Å². The highest BCUT2D eigenvalue weighted by Crippen LogP contribution is 2.21. The van der Waals surface area contributed by atoms with E-state index < -0.39 is 5.97 Å². The van der Waals surface area contributed by atoms with Gasteiger partial charge in [-0.05, 0) is 31.0 Å². The standard InChI is InChI=1S/C14H16N2O4S/c1-8-3-9(2)11(4-10(8)14(19)20)15-12(17)5-16-7-21-6-13(16)18/h3-4H,5-7H2,1-2H3,(H,15,17)(H,19,20). The number of hydrogen-bond donors (Lipinski definition) is 2. The van der Waals surface area contributed by atoms with Crippen LogP contribution in [0.2, 0.25) is 0 Å². The minimum absolute atomic E-state index is 0.0123. The SMILES string of the molecule is Cc1cc(C)c(C(=O)O)cc1NC(=O)CN1CSCC1=O. The first-order valence-electron chi connectivity index (χ1n) is 6.38. The summed E-state index contributed by atoms with van der Waals surface area (Å²) in [6.45, 7) is 3.49. The van der Waals surface area contributed by atoms with Crippen LogP contribution in [0, 0.1) is 13.8 Å². The first kappa shape index (κ1) is 15.4. The lowest BCUT2D eigenvalue weighted by Gasteiger charge is -2.16. The summed E-state index contributed by atoms with van der Waals surface area (Å²) >= 11 is 1.47. The molecular formula is C14H16N2O4S. The van der Waals surface area contributed by atoms with Crippen LogP contribution in [-0.2, 0) is 9.59 Å². The van der Waals surface area contributed by atoms with Crippen LogP contribution in [0.5, 0.6) is 0 Å². The molecule has 1 saturated heterocycles. The normalized spacial score (nSPS) is 14.4. The lowest BCUT2D eigenvalue weighted by Crippen LogP contribution is -2.34. The molecule has 0 unspecified atom stereocenters. The molecule has 0 spiro atoms. The molecule has 1 aliphatic heterocycles. The maximum Gasteiger partial charge on any atom is 0.336 e. The molecule has 1 aliphatic rings. The van der Waals surface area contributed by atoms with E-state index in [2.05, 4.69) is 5.32 Å². The highest BCUT2D eigenvalue weighted by molar-refractivity contribution is 8.00. The average Bonchev–Trinajstić information content (AvgIpc) is 2.78. The molecule has 0 saturated carbocycles. The molecule has 0 aromatic heterocycles. The molecule has 0 atom stereocenters. The third-order valence-corrected chi connectivity index (χ3v) is 4.18. The molecule has 2 rings (SSSR count). The molecule has 1 aromatic rings. The third-order valence-electron chi connectivity index (χ3n) is 3.24. The zero-order chi connectivity index (χ0) is 15.6. The first-order valence-corrected chi connectivity index (χ1v) is 7.54. The van der Waals surface area contributed by atoms with E-state index in [9.17, 15) is 14.4 Å². The zero-order valence-corrected chi connectivity index (χ0v) is 12.6. The van der Waals surface area contributed by atoms with E-state index >= 15 is 0 Å². The van der Waals surface area contributed by atoms with Crippen molar-refractivity contribution in [1.82, 2.24) is 4.90 Å². The van der Waals surface area contributed by atoms with Crippen LogP contribution >= 0.6 is 11.8 Å². The maximum absolute atomic E-state index is 12.0. The topological polar surface area (TPSA) is 86.7 Å². The van der Waals surface area contributed by atoms with Crippen molar-refractivity contribution in [2.75, 3.05) is 23.5 Å². The second-order valence-corrected chi connectivity index (χ2v) is 5.86. The average molecular weight is 308 g/mol. The summed E-state index contributed by atoms with van der Waals surface area (Å²) in [5, 5.41) is 11.8. The number of carboxylic acids is 1. The van der Waals surface area contributed by atoms with Crippen LogP contribution in [-0.4, -0.2) is 46.0 Å². The molecule has 1 fully saturated rings. The molecule has 112 valence electrons. The van der Waals surface area contributed by atoms with Crippen LogP contribution < -0.4 is 5.32 Å². The van der Waals surface area contributed by atoms with E-state index in [1.54, 1.807) is 19.9 Å². The van der Waals surface area contributed by atoms with Gasteiger partial charge in [0.1, 0.15) is 6.54 Å². The number of rotatable bonds is 4. The van der Waals surface area contributed by atoms with Gasteiger partial charge in [-0.2, -0.15) is 0 Å². The summed E-state index contributed by atoms with van der Waals surface area (Å²) in [5.41, 5.74) is 2.04. The van der Waals surface area contributed by atoms with Crippen LogP contribution in [0.3, 0.4) is 0 Å². The quantitative estimate of drug-likeness (QED) is 0.879. The number of carbonyl (C=O) groups is 3. The number of nitrogens with one attached hydrogen (secondary N) is 1. The summed E-state index contributed by atoms with van der Waals surface area (Å²) in [6.07, 6.45) is 0. The Hall–Kier alpha value is -2.02. The van der Waals surface area contributed by atoms with Gasteiger partial charge in [0.2, 0.25) is 11.8 Å². The maximum atomic E-state index is 12.0. The number of anilines is 1. The summed E-state index contributed by atoms with van der Waals surface area (Å²) < 4.78 is 0. The number of aryl methyl sites for hydroxylation is 2. The van der Waals surface area contributed by atoms with E-state index in [1.807, 2.05) is 0 Å². The summed E-state index contributed by atoms with van der Waals surface area (Å²) in [6, 6.07) is 3.17. The second-order valence-electron chi connectivity index (χ2n) is 4.90. The number of hydrogen-bond acceptors (Lipinski definition) is 4. The summed E-state index contributed by atoms with van der Waals surface area (Å²) in [5.74, 6) is -0.496. The molecule has 1 aromatic carbocycles. The Morgan fingerprint density at radius 3 is 2.62 bits per heavy atom. The zero-order valence-electron chi connectivity index (χ0n) is 11.8. The number of aromatic carboxylic acids is 1. The van der Waals surface area contributed by atoms with Crippen molar-refractivity contribution in [3.63, 3.8) is 0 Å². The Kier molecular flexibility index (Phi) is 4.52. The van der Waals surface area contributed by atoms with Gasteiger partial charge >= 0.3 is 5.97 Å². The van der Waals surface area contributed by atoms with Gasteiger partial charge in [0, 0.05) is 5.69 Å². The Balaban J connectivity index is 2.11. The number of carbonyl (C=O) groups excluding carboxylic acids is 2. The fraction of sp³-hybridized carbons (Fsp3) is 0.357. The molecule has 21 heavy (non-hydrogen) atoms. The summed E-state index contributed by atoms with van der Waals surface area (Å²) in [7, 11) is 0. The van der Waals surface area contributed by atoms with Crippen molar-refractivity contribution in [1.29, 1.82) is 0 Å². The smallest absolute Gasteiger partial charge is 0.336 e. The Morgan fingerprint density at radius 1 is 1.33 bits per heavy atom. The van der Waals surface area contributed by atoms with Crippen molar-refractivity contribution >= 4 is 35.2 Å². The van der Waals surface area contributed by atoms with Crippen LogP contribution in [0.15, 0.2) is 12.1 Å². The molecular weight excluding hydrogens is 292 g/mol. The lowest BCUT2D eigenvalue weighted by atomic mass is 10.0. The van der Waals surface area contributed by atoms with Crippen LogP contribution in [0.1, 0.15) is 21.5 Å². The van der Waals surface area contributed by atoms with Crippen molar-refractivity contribution in [3.8, 4) is 0 Å². The molecule has 6 nitrogen and oxygen atoms in total. The van der Waals surface area contributed by atoms with Gasteiger partial charge in [-0.15, -0.1) is 11.8 Å². The highest BCUT2D eigenvalue weighted by Gasteiger charge is 2.23. The molecule has 0 radical (unpaired) electrons. The van der Waals surface area contributed by atoms with Crippen molar-refractivity contribution < 1.29 is 19.5 Å². The minimum Gasteiger partial charge on any atom is -0.478 e. The molecule has 0 aliphatic carbocycles. The third kappa shape index (κ3) is 3.55. The van der Waals surface area contributed by atoms with Gasteiger partial charge in [0.25, 0.3) is 0 Å². The van der Waals surface area contributed by atoms with Gasteiger partial charge in [0.15, 0.2) is 0 Å². The Labute approximate surface area is 126 Å². The van der Waals surface area contributed by atoms with E-state index in [1.165, 1.54) is 22.7 Å². The van der Waals surface area contributed by atoms with E-state index in [4.69, 9.17) is 5.11 Å². The number of amides is 2. The van der Waals surface area contributed by atoms with Gasteiger partial charge in [-0.25, -0.2) is 4.79 Å².